The lowest BCUT2D eigenvalue weighted by Gasteiger charge is -2.47. The molecule has 184 valence electrons. The number of halogens is 2. The van der Waals surface area contributed by atoms with Crippen LogP contribution in [0.15, 0.2) is 20.5 Å². The average molecular weight is 486 g/mol. The van der Waals surface area contributed by atoms with Gasteiger partial charge in [0.2, 0.25) is 0 Å². The Morgan fingerprint density at radius 3 is 2.21 bits per heavy atom. The molecule has 34 heavy (non-hydrogen) atoms. The molecule has 0 aromatic rings. The van der Waals surface area contributed by atoms with E-state index in [9.17, 15) is 9.90 Å². The molecule has 19 heteroatoms. The molecule has 0 amide bonds. The number of hydrogen-bond donors (Lipinski definition) is 1. The summed E-state index contributed by atoms with van der Waals surface area (Å²) in [4.78, 5) is 21.7. The molecule has 1 N–H and O–H groups in total. The predicted molar refractivity (Wildman–Crippen MR) is 107 cm³/mol. The Labute approximate surface area is 189 Å². The van der Waals surface area contributed by atoms with Gasteiger partial charge in [0.1, 0.15) is 12.2 Å². The van der Waals surface area contributed by atoms with Gasteiger partial charge >= 0.3 is 5.97 Å². The Kier molecular flexibility index (Phi) is 9.06. The van der Waals surface area contributed by atoms with Gasteiger partial charge in [-0.3, -0.25) is 4.79 Å². The van der Waals surface area contributed by atoms with Gasteiger partial charge in [-0.1, -0.05) is 27.4 Å². The SMILES string of the molecule is CC(=O)O[C@@H]1[C@@H](O)[C@H](O[C@H]2O[C@H](CN=[N+]=[N-])[C@@H](C)C(F)(F)[C@H]2N=[N+]=[N-])[C@@H](N=[N+]=[N-])C[C@H]1N=[N+]=[N-]. The first kappa shape index (κ1) is 26.7. The number of ether oxygens (including phenoxy) is 3. The maximum Gasteiger partial charge on any atom is 0.303 e. The largest absolute Gasteiger partial charge is 0.459 e. The van der Waals surface area contributed by atoms with Gasteiger partial charge < -0.3 is 19.3 Å². The number of nitrogens with zero attached hydrogens (tertiary/aromatic N) is 12. The molecule has 2 aliphatic rings. The maximum atomic E-state index is 15.1. The summed E-state index contributed by atoms with van der Waals surface area (Å²) < 4.78 is 46.2. The van der Waals surface area contributed by atoms with Gasteiger partial charge in [-0.25, -0.2) is 8.78 Å². The van der Waals surface area contributed by atoms with E-state index in [1.54, 1.807) is 0 Å². The summed E-state index contributed by atoms with van der Waals surface area (Å²) in [5.41, 5.74) is 35.1. The van der Waals surface area contributed by atoms with Crippen molar-refractivity contribution in [2.24, 2.45) is 26.4 Å². The van der Waals surface area contributed by atoms with E-state index in [2.05, 4.69) is 40.1 Å². The molecule has 0 aromatic heterocycles. The fourth-order valence-corrected chi connectivity index (χ4v) is 3.86. The summed E-state index contributed by atoms with van der Waals surface area (Å²) in [5.74, 6) is -6.10. The summed E-state index contributed by atoms with van der Waals surface area (Å²) in [6.45, 7) is 1.63. The van der Waals surface area contributed by atoms with Crippen molar-refractivity contribution in [3.63, 3.8) is 0 Å². The van der Waals surface area contributed by atoms with Crippen LogP contribution in [0.4, 0.5) is 8.78 Å². The number of hydrogen-bond acceptors (Lipinski definition) is 9. The van der Waals surface area contributed by atoms with Crippen molar-refractivity contribution in [1.82, 2.24) is 0 Å². The lowest BCUT2D eigenvalue weighted by atomic mass is 9.83. The van der Waals surface area contributed by atoms with Crippen LogP contribution in [0.3, 0.4) is 0 Å². The van der Waals surface area contributed by atoms with E-state index in [0.29, 0.717) is 0 Å². The monoisotopic (exact) mass is 486 g/mol. The molecular weight excluding hydrogens is 466 g/mol. The molecule has 17 nitrogen and oxygen atoms in total. The van der Waals surface area contributed by atoms with E-state index in [0.717, 1.165) is 13.8 Å². The second-order valence-corrected chi connectivity index (χ2v) is 7.51. The zero-order valence-electron chi connectivity index (χ0n) is 17.8. The lowest BCUT2D eigenvalue weighted by molar-refractivity contribution is -0.308. The van der Waals surface area contributed by atoms with E-state index in [1.807, 2.05) is 0 Å². The zero-order chi connectivity index (χ0) is 25.5. The standard InChI is InChI=1S/C15H20F2N12O5/c1-5-9(4-22-26-18)33-14(13(25-29-21)15(5,16)17)34-12-8(24-28-20)3-7(23-27-19)11(10(12)31)32-6(2)30/h5,7-14,31H,3-4H2,1-2H3/t5-,7-,8+,9-,10-,11+,12-,13+,14-/m1/s1. The van der Waals surface area contributed by atoms with Gasteiger partial charge in [0.15, 0.2) is 12.3 Å². The normalized spacial score (nSPS) is 36.4. The molecule has 1 aliphatic carbocycles. The van der Waals surface area contributed by atoms with Crippen molar-refractivity contribution in [1.29, 1.82) is 0 Å². The zero-order valence-corrected chi connectivity index (χ0v) is 17.8. The van der Waals surface area contributed by atoms with Crippen LogP contribution >= 0.6 is 0 Å². The highest BCUT2D eigenvalue weighted by molar-refractivity contribution is 5.66. The van der Waals surface area contributed by atoms with E-state index in [-0.39, 0.29) is 6.42 Å². The minimum absolute atomic E-state index is 0.276. The highest BCUT2D eigenvalue weighted by atomic mass is 19.3. The Morgan fingerprint density at radius 2 is 1.68 bits per heavy atom. The number of aliphatic hydroxyl groups excluding tert-OH is 1. The number of aliphatic hydroxyl groups is 1. The van der Waals surface area contributed by atoms with Crippen LogP contribution < -0.4 is 0 Å². The van der Waals surface area contributed by atoms with E-state index < -0.39 is 73.2 Å². The number of carbonyl (C=O) groups excluding carboxylic acids is 1. The Hall–Kier alpha value is -3.55. The molecule has 2 fully saturated rings. The molecule has 0 unspecified atom stereocenters. The lowest BCUT2D eigenvalue weighted by Crippen LogP contribution is -2.63. The number of rotatable bonds is 8. The molecule has 0 radical (unpaired) electrons. The molecule has 0 bridgehead atoms. The third kappa shape index (κ3) is 5.68. The quantitative estimate of drug-likeness (QED) is 0.233. The molecule has 0 spiro atoms. The van der Waals surface area contributed by atoms with Crippen molar-refractivity contribution >= 4 is 5.97 Å². The Bertz CT molecular complexity index is 959. The average Bonchev–Trinajstić information content (AvgIpc) is 2.77. The van der Waals surface area contributed by atoms with Crippen LogP contribution in [0.5, 0.6) is 0 Å². The van der Waals surface area contributed by atoms with Crippen molar-refractivity contribution in [3.05, 3.63) is 41.8 Å². The van der Waals surface area contributed by atoms with E-state index >= 15 is 8.78 Å². The van der Waals surface area contributed by atoms with Crippen molar-refractivity contribution in [2.75, 3.05) is 6.54 Å². The van der Waals surface area contributed by atoms with Crippen LogP contribution in [-0.4, -0.2) is 72.4 Å². The highest BCUT2D eigenvalue weighted by Gasteiger charge is 2.58. The van der Waals surface area contributed by atoms with Crippen LogP contribution in [0, 0.1) is 5.92 Å². The topological polar surface area (TPSA) is 260 Å². The van der Waals surface area contributed by atoms with Gasteiger partial charge in [-0.05, 0) is 28.5 Å². The van der Waals surface area contributed by atoms with Crippen molar-refractivity contribution in [3.8, 4) is 0 Å². The molecule has 1 saturated heterocycles. The molecule has 1 heterocycles. The highest BCUT2D eigenvalue weighted by Crippen LogP contribution is 2.43. The molecule has 1 aliphatic heterocycles. The third-order valence-electron chi connectivity index (χ3n) is 5.53. The van der Waals surface area contributed by atoms with Crippen LogP contribution in [0.2, 0.25) is 0 Å². The fraction of sp³-hybridized carbons (Fsp3) is 0.933. The van der Waals surface area contributed by atoms with Crippen LogP contribution in [0.1, 0.15) is 20.3 Å². The second kappa shape index (κ2) is 11.5. The minimum atomic E-state index is -3.69. The van der Waals surface area contributed by atoms with E-state index in [1.165, 1.54) is 0 Å². The number of carbonyl (C=O) groups is 1. The molecule has 9 atom stereocenters. The summed E-state index contributed by atoms with van der Waals surface area (Å²) in [6.07, 6.45) is -8.50. The van der Waals surface area contributed by atoms with Gasteiger partial charge in [0, 0.05) is 32.5 Å². The van der Waals surface area contributed by atoms with E-state index in [4.69, 9.17) is 36.3 Å². The molecular formula is C15H20F2N12O5. The van der Waals surface area contributed by atoms with Gasteiger partial charge in [-0.2, -0.15) is 0 Å². The van der Waals surface area contributed by atoms with Crippen molar-refractivity contribution < 1.29 is 32.9 Å². The second-order valence-electron chi connectivity index (χ2n) is 7.51. The first-order chi connectivity index (χ1) is 16.1. The third-order valence-corrected chi connectivity index (χ3v) is 5.53. The first-order valence-corrected chi connectivity index (χ1v) is 9.79. The van der Waals surface area contributed by atoms with Crippen molar-refractivity contribution in [2.45, 2.75) is 75.0 Å². The fourth-order valence-electron chi connectivity index (χ4n) is 3.86. The summed E-state index contributed by atoms with van der Waals surface area (Å²) in [5, 5.41) is 24.1. The Balaban J connectivity index is 2.47. The van der Waals surface area contributed by atoms with Gasteiger partial charge in [0.05, 0.1) is 30.8 Å². The molecule has 2 rings (SSSR count). The summed E-state index contributed by atoms with van der Waals surface area (Å²) in [6, 6.07) is -4.66. The summed E-state index contributed by atoms with van der Waals surface area (Å²) in [7, 11) is 0. The number of esters is 1. The summed E-state index contributed by atoms with van der Waals surface area (Å²) >= 11 is 0. The van der Waals surface area contributed by atoms with Gasteiger partial charge in [0.25, 0.3) is 5.92 Å². The van der Waals surface area contributed by atoms with Crippen LogP contribution in [0.25, 0.3) is 41.8 Å². The smallest absolute Gasteiger partial charge is 0.303 e. The van der Waals surface area contributed by atoms with Crippen LogP contribution in [-0.2, 0) is 19.0 Å². The molecule has 0 aromatic carbocycles. The predicted octanol–water partition coefficient (Wildman–Crippen LogP) is 3.41. The maximum absolute atomic E-state index is 15.1. The number of azide groups is 4. The van der Waals surface area contributed by atoms with Gasteiger partial charge in [-0.15, -0.1) is 0 Å². The number of alkyl halides is 2. The first-order valence-electron chi connectivity index (χ1n) is 9.79. The Morgan fingerprint density at radius 1 is 1.09 bits per heavy atom. The minimum Gasteiger partial charge on any atom is -0.459 e. The molecule has 1 saturated carbocycles.